The van der Waals surface area contributed by atoms with E-state index < -0.39 is 82.3 Å². The molecular weight excluding hydrogens is 523 g/mol. The second-order valence-electron chi connectivity index (χ2n) is 9.43. The molecule has 1 aromatic carbocycles. The van der Waals surface area contributed by atoms with Crippen molar-refractivity contribution in [1.82, 2.24) is 10.3 Å². The van der Waals surface area contributed by atoms with E-state index in [1.165, 1.54) is 27.7 Å². The first-order chi connectivity index (χ1) is 16.5. The van der Waals surface area contributed by atoms with Gasteiger partial charge in [0.25, 0.3) is 0 Å². The maximum atomic E-state index is 13.9. The zero-order valence-electron chi connectivity index (χ0n) is 20.3. The number of halogens is 9. The quantitative estimate of drug-likeness (QED) is 0.283. The summed E-state index contributed by atoms with van der Waals surface area (Å²) in [5.74, 6) is -1.24. The summed E-state index contributed by atoms with van der Waals surface area (Å²) in [5, 5.41) is 12.9. The van der Waals surface area contributed by atoms with Crippen molar-refractivity contribution in [2.24, 2.45) is 0 Å². The van der Waals surface area contributed by atoms with E-state index in [4.69, 9.17) is 4.74 Å². The van der Waals surface area contributed by atoms with Gasteiger partial charge in [0, 0.05) is 24.0 Å². The minimum absolute atomic E-state index is 0.107. The highest BCUT2D eigenvalue weighted by molar-refractivity contribution is 5.93. The minimum Gasteiger partial charge on any atom is -0.456 e. The molecule has 0 spiro atoms. The molecule has 0 aliphatic heterocycles. The van der Waals surface area contributed by atoms with Gasteiger partial charge in [0.15, 0.2) is 0 Å². The summed E-state index contributed by atoms with van der Waals surface area (Å²) in [4.78, 5) is 14.8. The van der Waals surface area contributed by atoms with Gasteiger partial charge in [-0.25, -0.2) is 4.79 Å². The number of carbonyl (C=O) groups excluding carboxylic acids is 1. The first kappa shape index (κ1) is 30.5. The minimum atomic E-state index is -5.14. The maximum absolute atomic E-state index is 13.9. The Hall–Kier alpha value is -2.74. The predicted octanol–water partition coefficient (Wildman–Crippen LogP) is 6.55. The van der Waals surface area contributed by atoms with Crippen molar-refractivity contribution in [1.29, 1.82) is 0 Å². The highest BCUT2D eigenvalue weighted by Gasteiger charge is 2.42. The van der Waals surface area contributed by atoms with Crippen molar-refractivity contribution >= 4 is 5.97 Å². The van der Waals surface area contributed by atoms with Crippen LogP contribution in [0, 0.1) is 6.92 Å². The summed E-state index contributed by atoms with van der Waals surface area (Å²) in [5.41, 5.74) is -7.94. The van der Waals surface area contributed by atoms with Gasteiger partial charge in [-0.1, -0.05) is 0 Å². The zero-order chi connectivity index (χ0) is 28.7. The number of nitrogens with one attached hydrogen (secondary N) is 2. The molecule has 0 aliphatic carbocycles. The van der Waals surface area contributed by atoms with Crippen molar-refractivity contribution in [2.45, 2.75) is 77.4 Å². The number of aliphatic hydroxyl groups excluding tert-OH is 1. The third-order valence-corrected chi connectivity index (χ3v) is 5.18. The average molecular weight is 548 g/mol. The van der Waals surface area contributed by atoms with Gasteiger partial charge < -0.3 is 20.1 Å². The summed E-state index contributed by atoms with van der Waals surface area (Å²) >= 11 is 0. The Bertz CT molecular complexity index is 1090. The van der Waals surface area contributed by atoms with Crippen molar-refractivity contribution in [3.05, 3.63) is 57.4 Å². The molecule has 1 heterocycles. The average Bonchev–Trinajstić information content (AvgIpc) is 3.05. The van der Waals surface area contributed by atoms with E-state index >= 15 is 0 Å². The van der Waals surface area contributed by atoms with Gasteiger partial charge in [-0.15, -0.1) is 0 Å². The van der Waals surface area contributed by atoms with Crippen LogP contribution in [0.15, 0.2) is 18.2 Å². The number of carbonyl (C=O) groups is 1. The van der Waals surface area contributed by atoms with Crippen molar-refractivity contribution in [3.8, 4) is 0 Å². The van der Waals surface area contributed by atoms with E-state index in [1.54, 1.807) is 0 Å². The van der Waals surface area contributed by atoms with Crippen LogP contribution in [-0.2, 0) is 29.8 Å². The lowest BCUT2D eigenvalue weighted by molar-refractivity contribution is -0.143. The maximum Gasteiger partial charge on any atom is 0.419 e. The first-order valence-electron chi connectivity index (χ1n) is 10.7. The van der Waals surface area contributed by atoms with Crippen LogP contribution in [0.5, 0.6) is 0 Å². The highest BCUT2D eigenvalue weighted by atomic mass is 19.4. The molecule has 14 heteroatoms. The Kier molecular flexibility index (Phi) is 8.40. The molecule has 208 valence electrons. The Balaban J connectivity index is 2.38. The normalized spacial score (nSPS) is 15.0. The van der Waals surface area contributed by atoms with E-state index in [9.17, 15) is 49.4 Å². The van der Waals surface area contributed by atoms with Crippen LogP contribution >= 0.6 is 0 Å². The Morgan fingerprint density at radius 3 is 1.84 bits per heavy atom. The standard InChI is InChI=1S/C23H25F9N2O3/c1-10-16(19(36)37-20(3,4)5)17(23(30,31)32)15(34-10)9-33-11(2)18(35)12-6-13(21(24,25)26)8-14(7-12)22(27,28)29/h6-8,11,18,33-35H,9H2,1-5H3. The number of hydrogen-bond acceptors (Lipinski definition) is 4. The number of alkyl halides is 9. The third kappa shape index (κ3) is 7.63. The van der Waals surface area contributed by atoms with Crippen molar-refractivity contribution in [3.63, 3.8) is 0 Å². The molecule has 0 bridgehead atoms. The monoisotopic (exact) mass is 548 g/mol. The lowest BCUT2D eigenvalue weighted by Gasteiger charge is -2.23. The molecule has 0 saturated carbocycles. The molecule has 0 aliphatic rings. The number of ether oxygens (including phenoxy) is 1. The largest absolute Gasteiger partial charge is 0.456 e. The Morgan fingerprint density at radius 1 is 0.946 bits per heavy atom. The van der Waals surface area contributed by atoms with Gasteiger partial charge >= 0.3 is 24.5 Å². The fraction of sp³-hybridized carbons (Fsp3) is 0.522. The lowest BCUT2D eigenvalue weighted by atomic mass is 9.97. The fourth-order valence-electron chi connectivity index (χ4n) is 3.53. The number of esters is 1. The summed E-state index contributed by atoms with van der Waals surface area (Å²) in [6.45, 7) is 6.09. The smallest absolute Gasteiger partial charge is 0.419 e. The number of H-pyrrole nitrogens is 1. The Labute approximate surface area is 206 Å². The number of benzene rings is 1. The predicted molar refractivity (Wildman–Crippen MR) is 113 cm³/mol. The second-order valence-corrected chi connectivity index (χ2v) is 9.43. The van der Waals surface area contributed by atoms with Gasteiger partial charge in [-0.2, -0.15) is 39.5 Å². The van der Waals surface area contributed by atoms with Gasteiger partial charge in [0.05, 0.1) is 28.4 Å². The number of aryl methyl sites for hydroxylation is 1. The fourth-order valence-corrected chi connectivity index (χ4v) is 3.53. The van der Waals surface area contributed by atoms with E-state index in [0.29, 0.717) is 12.1 Å². The molecule has 2 aromatic rings. The first-order valence-corrected chi connectivity index (χ1v) is 10.7. The molecule has 0 saturated heterocycles. The van der Waals surface area contributed by atoms with Crippen LogP contribution in [0.2, 0.25) is 0 Å². The van der Waals surface area contributed by atoms with Crippen LogP contribution in [0.4, 0.5) is 39.5 Å². The molecule has 37 heavy (non-hydrogen) atoms. The molecule has 0 amide bonds. The molecule has 2 rings (SSSR count). The van der Waals surface area contributed by atoms with Gasteiger partial charge in [0.2, 0.25) is 0 Å². The van der Waals surface area contributed by atoms with E-state index in [2.05, 4.69) is 10.3 Å². The van der Waals surface area contributed by atoms with Gasteiger partial charge in [-0.05, 0) is 58.4 Å². The molecule has 2 unspecified atom stereocenters. The zero-order valence-corrected chi connectivity index (χ0v) is 20.3. The molecule has 3 N–H and O–H groups in total. The van der Waals surface area contributed by atoms with E-state index in [1.807, 2.05) is 0 Å². The lowest BCUT2D eigenvalue weighted by Crippen LogP contribution is -2.33. The van der Waals surface area contributed by atoms with Crippen LogP contribution in [0.1, 0.15) is 77.8 Å². The molecular formula is C23H25F9N2O3. The molecule has 5 nitrogen and oxygen atoms in total. The Morgan fingerprint density at radius 2 is 1.43 bits per heavy atom. The summed E-state index contributed by atoms with van der Waals surface area (Å²) in [6.07, 6.45) is -17.3. The highest BCUT2D eigenvalue weighted by Crippen LogP contribution is 2.39. The number of hydrogen-bond donors (Lipinski definition) is 3. The van der Waals surface area contributed by atoms with Crippen LogP contribution in [0.25, 0.3) is 0 Å². The van der Waals surface area contributed by atoms with Gasteiger partial charge in [0.1, 0.15) is 5.60 Å². The van der Waals surface area contributed by atoms with Crippen LogP contribution < -0.4 is 5.32 Å². The SMILES string of the molecule is Cc1[nH]c(CNC(C)C(O)c2cc(C(F)(F)F)cc(C(F)(F)F)c2)c(C(F)(F)F)c1C(=O)OC(C)(C)C. The summed E-state index contributed by atoms with van der Waals surface area (Å²) in [6, 6.07) is -0.750. The second kappa shape index (κ2) is 10.2. The van der Waals surface area contributed by atoms with Crippen LogP contribution in [-0.4, -0.2) is 27.7 Å². The number of aliphatic hydroxyl groups is 1. The topological polar surface area (TPSA) is 74.4 Å². The molecule has 0 radical (unpaired) electrons. The van der Waals surface area contributed by atoms with Crippen LogP contribution in [0.3, 0.4) is 0 Å². The summed E-state index contributed by atoms with van der Waals surface area (Å²) < 4.78 is 125. The number of rotatable bonds is 6. The summed E-state index contributed by atoms with van der Waals surface area (Å²) in [7, 11) is 0. The number of aromatic amines is 1. The molecule has 2 atom stereocenters. The van der Waals surface area contributed by atoms with Gasteiger partial charge in [-0.3, -0.25) is 0 Å². The third-order valence-electron chi connectivity index (χ3n) is 5.18. The van der Waals surface area contributed by atoms with E-state index in [0.717, 1.165) is 6.92 Å². The van der Waals surface area contributed by atoms with Crippen molar-refractivity contribution in [2.75, 3.05) is 0 Å². The molecule has 1 aromatic heterocycles. The van der Waals surface area contributed by atoms with E-state index in [-0.39, 0.29) is 11.8 Å². The number of aromatic nitrogens is 1. The van der Waals surface area contributed by atoms with Crippen molar-refractivity contribution < 1.29 is 54.2 Å². The molecule has 0 fully saturated rings.